The molecule has 1 atom stereocenters. The Balaban J connectivity index is 1.43. The van der Waals surface area contributed by atoms with Crippen LogP contribution in [0.25, 0.3) is 10.2 Å². The average molecular weight is 438 g/mol. The molecule has 1 amide bonds. The summed E-state index contributed by atoms with van der Waals surface area (Å²) in [6.07, 6.45) is 4.98. The van der Waals surface area contributed by atoms with Crippen LogP contribution in [-0.4, -0.2) is 40.6 Å². The molecule has 31 heavy (non-hydrogen) atoms. The van der Waals surface area contributed by atoms with Crippen molar-refractivity contribution in [3.63, 3.8) is 0 Å². The van der Waals surface area contributed by atoms with Crippen molar-refractivity contribution in [2.24, 2.45) is 0 Å². The molecule has 2 aliphatic rings. The second-order valence-electron chi connectivity index (χ2n) is 8.54. The summed E-state index contributed by atoms with van der Waals surface area (Å²) in [7, 11) is 1.66. The molecule has 162 valence electrons. The largest absolute Gasteiger partial charge is 0.497 e. The molecule has 0 radical (unpaired) electrons. The number of hydrogen-bond donors (Lipinski definition) is 0. The SMILES string of the molecule is COc1ccc(C2CCN(C(=O)c3sc4nc5n(c(=O)c4c3C)CCCCC5)C2)cc1. The highest BCUT2D eigenvalue weighted by molar-refractivity contribution is 7.20. The van der Waals surface area contributed by atoms with E-state index >= 15 is 0 Å². The van der Waals surface area contributed by atoms with Gasteiger partial charge in [0.1, 0.15) is 16.4 Å². The first-order valence-electron chi connectivity index (χ1n) is 11.0. The van der Waals surface area contributed by atoms with Crippen LogP contribution in [0.1, 0.15) is 58.2 Å². The van der Waals surface area contributed by atoms with Crippen LogP contribution >= 0.6 is 11.3 Å². The Labute approximate surface area is 185 Å². The molecule has 1 aromatic carbocycles. The van der Waals surface area contributed by atoms with Crippen LogP contribution in [0.2, 0.25) is 0 Å². The molecular formula is C24H27N3O3S. The number of hydrogen-bond acceptors (Lipinski definition) is 5. The van der Waals surface area contributed by atoms with Crippen LogP contribution in [0.5, 0.6) is 5.75 Å². The average Bonchev–Trinajstić information content (AvgIpc) is 3.32. The number of methoxy groups -OCH3 is 1. The third-order valence-corrected chi connectivity index (χ3v) is 7.84. The maximum absolute atomic E-state index is 13.4. The number of thiophene rings is 1. The van der Waals surface area contributed by atoms with Crippen LogP contribution in [0, 0.1) is 6.92 Å². The van der Waals surface area contributed by atoms with Crippen molar-refractivity contribution in [2.75, 3.05) is 20.2 Å². The van der Waals surface area contributed by atoms with Gasteiger partial charge in [-0.1, -0.05) is 18.6 Å². The Kier molecular flexibility index (Phi) is 5.30. The predicted molar refractivity (Wildman–Crippen MR) is 122 cm³/mol. The zero-order valence-corrected chi connectivity index (χ0v) is 18.8. The maximum atomic E-state index is 13.4. The summed E-state index contributed by atoms with van der Waals surface area (Å²) in [5.41, 5.74) is 2.04. The van der Waals surface area contributed by atoms with Crippen LogP contribution in [-0.2, 0) is 13.0 Å². The van der Waals surface area contributed by atoms with Gasteiger partial charge in [-0.3, -0.25) is 14.2 Å². The molecule has 0 spiro atoms. The fraction of sp³-hybridized carbons (Fsp3) is 0.458. The fourth-order valence-corrected chi connectivity index (χ4v) is 6.01. The minimum atomic E-state index is 0.0206. The minimum Gasteiger partial charge on any atom is -0.497 e. The van der Waals surface area contributed by atoms with Crippen molar-refractivity contribution >= 4 is 27.5 Å². The van der Waals surface area contributed by atoms with E-state index in [1.54, 1.807) is 7.11 Å². The van der Waals surface area contributed by atoms with E-state index in [4.69, 9.17) is 9.72 Å². The molecule has 0 N–H and O–H groups in total. The monoisotopic (exact) mass is 437 g/mol. The van der Waals surface area contributed by atoms with Gasteiger partial charge in [0.15, 0.2) is 0 Å². The molecule has 2 aromatic heterocycles. The maximum Gasteiger partial charge on any atom is 0.264 e. The van der Waals surface area contributed by atoms with Crippen LogP contribution in [0.15, 0.2) is 29.1 Å². The summed E-state index contributed by atoms with van der Waals surface area (Å²) < 4.78 is 7.08. The highest BCUT2D eigenvalue weighted by atomic mass is 32.1. The van der Waals surface area contributed by atoms with Gasteiger partial charge in [0.25, 0.3) is 11.5 Å². The molecule has 0 aliphatic carbocycles. The predicted octanol–water partition coefficient (Wildman–Crippen LogP) is 4.13. The quantitative estimate of drug-likeness (QED) is 0.618. The molecule has 7 heteroatoms. The molecule has 4 heterocycles. The third kappa shape index (κ3) is 3.55. The Morgan fingerprint density at radius 2 is 1.97 bits per heavy atom. The van der Waals surface area contributed by atoms with Crippen LogP contribution in [0.3, 0.4) is 0 Å². The van der Waals surface area contributed by atoms with E-state index in [2.05, 4.69) is 12.1 Å². The Hall–Kier alpha value is -2.67. The zero-order chi connectivity index (χ0) is 21.5. The van der Waals surface area contributed by atoms with Gasteiger partial charge in [0, 0.05) is 32.0 Å². The number of benzene rings is 1. The van der Waals surface area contributed by atoms with E-state index in [1.807, 2.05) is 28.5 Å². The smallest absolute Gasteiger partial charge is 0.264 e. The van der Waals surface area contributed by atoms with Gasteiger partial charge < -0.3 is 9.64 Å². The molecular weight excluding hydrogens is 410 g/mol. The molecule has 3 aromatic rings. The summed E-state index contributed by atoms with van der Waals surface area (Å²) >= 11 is 1.38. The first-order valence-corrected chi connectivity index (χ1v) is 11.8. The van der Waals surface area contributed by atoms with E-state index in [9.17, 15) is 9.59 Å². The highest BCUT2D eigenvalue weighted by Gasteiger charge is 2.31. The Morgan fingerprint density at radius 3 is 2.74 bits per heavy atom. The Bertz CT molecular complexity index is 1200. The first-order chi connectivity index (χ1) is 15.1. The van der Waals surface area contributed by atoms with Crippen molar-refractivity contribution < 1.29 is 9.53 Å². The first kappa shape index (κ1) is 20.2. The van der Waals surface area contributed by atoms with Crippen LogP contribution < -0.4 is 10.3 Å². The van der Waals surface area contributed by atoms with E-state index < -0.39 is 0 Å². The lowest BCUT2D eigenvalue weighted by Crippen LogP contribution is -2.28. The second-order valence-corrected chi connectivity index (χ2v) is 9.54. The topological polar surface area (TPSA) is 64.4 Å². The van der Waals surface area contributed by atoms with Gasteiger partial charge in [-0.2, -0.15) is 0 Å². The van der Waals surface area contributed by atoms with Crippen molar-refractivity contribution in [2.45, 2.75) is 51.5 Å². The van der Waals surface area contributed by atoms with E-state index in [-0.39, 0.29) is 11.5 Å². The molecule has 5 rings (SSSR count). The molecule has 1 unspecified atom stereocenters. The molecule has 0 saturated carbocycles. The molecule has 1 fully saturated rings. The van der Waals surface area contributed by atoms with Crippen molar-refractivity contribution in [1.82, 2.24) is 14.5 Å². The van der Waals surface area contributed by atoms with Gasteiger partial charge in [0.2, 0.25) is 0 Å². The fourth-order valence-electron chi connectivity index (χ4n) is 4.85. The van der Waals surface area contributed by atoms with E-state index in [1.165, 1.54) is 16.9 Å². The van der Waals surface area contributed by atoms with Gasteiger partial charge in [-0.25, -0.2) is 4.98 Å². The summed E-state index contributed by atoms with van der Waals surface area (Å²) in [4.78, 5) is 34.7. The number of carbonyl (C=O) groups excluding carboxylic acids is 1. The van der Waals surface area contributed by atoms with Gasteiger partial charge in [-0.15, -0.1) is 11.3 Å². The number of aryl methyl sites for hydroxylation is 2. The van der Waals surface area contributed by atoms with Crippen LogP contribution in [0.4, 0.5) is 0 Å². The Morgan fingerprint density at radius 1 is 1.16 bits per heavy atom. The van der Waals surface area contributed by atoms with Gasteiger partial charge in [-0.05, 0) is 49.4 Å². The van der Waals surface area contributed by atoms with E-state index in [0.717, 1.165) is 62.3 Å². The van der Waals surface area contributed by atoms with Gasteiger partial charge in [0.05, 0.1) is 17.4 Å². The normalized spacial score (nSPS) is 18.8. The minimum absolute atomic E-state index is 0.0206. The summed E-state index contributed by atoms with van der Waals surface area (Å²) in [6, 6.07) is 8.11. The number of fused-ring (bicyclic) bond motifs is 2. The number of aromatic nitrogens is 2. The molecule has 6 nitrogen and oxygen atoms in total. The lowest BCUT2D eigenvalue weighted by molar-refractivity contribution is 0.0795. The standard InChI is InChI=1S/C24H27N3O3S/c1-15-20-22(25-19-6-4-3-5-12-27(19)23(20)28)31-21(15)24(29)26-13-11-17(14-26)16-7-9-18(30-2)10-8-16/h7-10,17H,3-6,11-14H2,1-2H3. The van der Waals surface area contributed by atoms with E-state index in [0.29, 0.717) is 27.6 Å². The number of rotatable bonds is 3. The lowest BCUT2D eigenvalue weighted by atomic mass is 9.98. The number of nitrogens with zero attached hydrogens (tertiary/aromatic N) is 3. The number of carbonyl (C=O) groups is 1. The second kappa shape index (κ2) is 8.11. The molecule has 1 saturated heterocycles. The number of ether oxygens (including phenoxy) is 1. The summed E-state index contributed by atoms with van der Waals surface area (Å²) in [6.45, 7) is 4.05. The van der Waals surface area contributed by atoms with Gasteiger partial charge >= 0.3 is 0 Å². The number of likely N-dealkylation sites (tertiary alicyclic amines) is 1. The molecule has 0 bridgehead atoms. The van der Waals surface area contributed by atoms with Crippen molar-refractivity contribution in [3.05, 3.63) is 56.4 Å². The van der Waals surface area contributed by atoms with Crippen molar-refractivity contribution in [1.29, 1.82) is 0 Å². The lowest BCUT2D eigenvalue weighted by Gasteiger charge is -2.16. The summed E-state index contributed by atoms with van der Waals surface area (Å²) in [5.74, 6) is 2.06. The van der Waals surface area contributed by atoms with Crippen molar-refractivity contribution in [3.8, 4) is 5.75 Å². The zero-order valence-electron chi connectivity index (χ0n) is 18.0. The number of amides is 1. The highest BCUT2D eigenvalue weighted by Crippen LogP contribution is 2.33. The molecule has 2 aliphatic heterocycles. The third-order valence-electron chi connectivity index (χ3n) is 6.67. The summed E-state index contributed by atoms with van der Waals surface area (Å²) in [5, 5.41) is 0.630.